The molecule has 1 aromatic heterocycles. The van der Waals surface area contributed by atoms with E-state index in [0.29, 0.717) is 6.07 Å². The van der Waals surface area contributed by atoms with Crippen LogP contribution in [0.4, 0.5) is 13.2 Å². The number of hydrogen-bond donors (Lipinski definition) is 0. The van der Waals surface area contributed by atoms with E-state index in [1.165, 1.54) is 0 Å². The fourth-order valence-electron chi connectivity index (χ4n) is 0.867. The molecule has 0 aromatic carbocycles. The molecule has 0 saturated carbocycles. The van der Waals surface area contributed by atoms with Gasteiger partial charge in [-0.2, -0.15) is 13.2 Å². The maximum Gasteiger partial charge on any atom is 0.417 e. The second kappa shape index (κ2) is 3.45. The van der Waals surface area contributed by atoms with Crippen LogP contribution in [0.3, 0.4) is 0 Å². The van der Waals surface area contributed by atoms with Gasteiger partial charge < -0.3 is 9.90 Å². The van der Waals surface area contributed by atoms with Crippen molar-refractivity contribution in [3.8, 4) is 0 Å². The Labute approximate surface area is 81.1 Å². The van der Waals surface area contributed by atoms with Crippen molar-refractivity contribution in [2.45, 2.75) is 6.18 Å². The molecule has 0 N–H and O–H groups in total. The van der Waals surface area contributed by atoms with E-state index in [1.807, 2.05) is 0 Å². The molecule has 0 aliphatic heterocycles. The highest BCUT2D eigenvalue weighted by Gasteiger charge is 2.34. The van der Waals surface area contributed by atoms with Gasteiger partial charge in [0.1, 0.15) is 5.15 Å². The van der Waals surface area contributed by atoms with Gasteiger partial charge in [-0.05, 0) is 6.07 Å². The van der Waals surface area contributed by atoms with Gasteiger partial charge in [-0.25, -0.2) is 4.98 Å². The Hall–Kier alpha value is -1.30. The van der Waals surface area contributed by atoms with Crippen molar-refractivity contribution in [1.82, 2.24) is 4.98 Å². The highest BCUT2D eigenvalue weighted by atomic mass is 35.5. The molecule has 0 atom stereocenters. The highest BCUT2D eigenvalue weighted by molar-refractivity contribution is 6.32. The van der Waals surface area contributed by atoms with Crippen molar-refractivity contribution < 1.29 is 23.1 Å². The number of halogens is 4. The normalized spacial score (nSPS) is 11.4. The molecule has 1 heterocycles. The Morgan fingerprint density at radius 3 is 2.43 bits per heavy atom. The van der Waals surface area contributed by atoms with Gasteiger partial charge >= 0.3 is 6.18 Å². The van der Waals surface area contributed by atoms with Gasteiger partial charge in [0.25, 0.3) is 0 Å². The number of hydrogen-bond acceptors (Lipinski definition) is 3. The second-order valence-corrected chi connectivity index (χ2v) is 2.67. The van der Waals surface area contributed by atoms with Crippen LogP contribution in [0.25, 0.3) is 0 Å². The monoisotopic (exact) mass is 224 g/mol. The molecule has 0 saturated heterocycles. The largest absolute Gasteiger partial charge is 0.545 e. The molecule has 0 bridgehead atoms. The van der Waals surface area contributed by atoms with Crippen molar-refractivity contribution in [3.63, 3.8) is 0 Å². The minimum atomic E-state index is -4.79. The van der Waals surface area contributed by atoms with Crippen LogP contribution in [0.2, 0.25) is 5.15 Å². The summed E-state index contributed by atoms with van der Waals surface area (Å²) in [5.41, 5.74) is -2.50. The lowest BCUT2D eigenvalue weighted by Gasteiger charge is -2.13. The first-order valence-electron chi connectivity index (χ1n) is 3.27. The molecule has 3 nitrogen and oxygen atoms in total. The molecule has 0 aliphatic carbocycles. The topological polar surface area (TPSA) is 53.0 Å². The highest BCUT2D eigenvalue weighted by Crippen LogP contribution is 2.33. The molecule has 1 aromatic rings. The molecule has 0 spiro atoms. The van der Waals surface area contributed by atoms with E-state index >= 15 is 0 Å². The maximum atomic E-state index is 12.2. The summed E-state index contributed by atoms with van der Waals surface area (Å²) in [5.74, 6) is -2.00. The van der Waals surface area contributed by atoms with Crippen molar-refractivity contribution in [2.75, 3.05) is 0 Å². The van der Waals surface area contributed by atoms with Crippen LogP contribution in [0.5, 0.6) is 0 Å². The molecule has 0 radical (unpaired) electrons. The van der Waals surface area contributed by atoms with Gasteiger partial charge in [0.2, 0.25) is 0 Å². The molecule has 76 valence electrons. The van der Waals surface area contributed by atoms with Gasteiger partial charge in [-0.1, -0.05) is 11.6 Å². The Morgan fingerprint density at radius 1 is 1.50 bits per heavy atom. The van der Waals surface area contributed by atoms with E-state index in [1.54, 1.807) is 0 Å². The fraction of sp³-hybridized carbons (Fsp3) is 0.143. The second-order valence-electron chi connectivity index (χ2n) is 2.31. The SMILES string of the molecule is O=C([O-])c1c(C(F)(F)F)ccnc1Cl. The van der Waals surface area contributed by atoms with E-state index in [-0.39, 0.29) is 0 Å². The summed E-state index contributed by atoms with van der Waals surface area (Å²) in [6, 6.07) is 0.525. The van der Waals surface area contributed by atoms with Crippen molar-refractivity contribution in [1.29, 1.82) is 0 Å². The lowest BCUT2D eigenvalue weighted by molar-refractivity contribution is -0.255. The van der Waals surface area contributed by atoms with Crippen LogP contribution in [0.1, 0.15) is 15.9 Å². The zero-order chi connectivity index (χ0) is 10.9. The predicted molar refractivity (Wildman–Crippen MR) is 38.6 cm³/mol. The third-order valence-electron chi connectivity index (χ3n) is 1.41. The minimum Gasteiger partial charge on any atom is -0.545 e. The number of carboxylic acid groups (broad SMARTS) is 1. The number of carbonyl (C=O) groups excluding carboxylic acids is 1. The summed E-state index contributed by atoms with van der Waals surface area (Å²) in [7, 11) is 0. The lowest BCUT2D eigenvalue weighted by atomic mass is 10.1. The fourth-order valence-corrected chi connectivity index (χ4v) is 1.10. The number of pyridine rings is 1. The van der Waals surface area contributed by atoms with Crippen LogP contribution in [0.15, 0.2) is 12.3 Å². The lowest BCUT2D eigenvalue weighted by Crippen LogP contribution is -2.27. The third-order valence-corrected chi connectivity index (χ3v) is 1.70. The van der Waals surface area contributed by atoms with Gasteiger partial charge in [-0.15, -0.1) is 0 Å². The standard InChI is InChI=1S/C7H3ClF3NO2/c8-5-4(6(13)14)3(1-2-12-5)7(9,10)11/h1-2H,(H,13,14)/p-1. The van der Waals surface area contributed by atoms with E-state index < -0.39 is 28.4 Å². The number of aromatic carboxylic acids is 1. The van der Waals surface area contributed by atoms with Gasteiger partial charge in [-0.3, -0.25) is 0 Å². The number of rotatable bonds is 1. The molecular formula is C7H2ClF3NO2-. The summed E-state index contributed by atoms with van der Waals surface area (Å²) < 4.78 is 36.6. The first-order chi connectivity index (χ1) is 6.34. The first-order valence-corrected chi connectivity index (χ1v) is 3.65. The van der Waals surface area contributed by atoms with Crippen molar-refractivity contribution >= 4 is 17.6 Å². The molecule has 14 heavy (non-hydrogen) atoms. The summed E-state index contributed by atoms with van der Waals surface area (Å²) >= 11 is 5.20. The Bertz CT molecular complexity index is 378. The first kappa shape index (κ1) is 10.8. The van der Waals surface area contributed by atoms with Crippen LogP contribution in [-0.4, -0.2) is 11.0 Å². The van der Waals surface area contributed by atoms with Gasteiger partial charge in [0, 0.05) is 11.8 Å². The summed E-state index contributed by atoms with van der Waals surface area (Å²) in [6.45, 7) is 0. The number of aromatic nitrogens is 1. The van der Waals surface area contributed by atoms with Crippen molar-refractivity contribution in [2.24, 2.45) is 0 Å². The van der Waals surface area contributed by atoms with Gasteiger partial charge in [0.15, 0.2) is 0 Å². The zero-order valence-corrected chi connectivity index (χ0v) is 7.19. The molecule has 0 amide bonds. The zero-order valence-electron chi connectivity index (χ0n) is 6.43. The van der Waals surface area contributed by atoms with Crippen LogP contribution in [-0.2, 0) is 6.18 Å². The van der Waals surface area contributed by atoms with E-state index in [0.717, 1.165) is 6.20 Å². The summed E-state index contributed by atoms with van der Waals surface area (Å²) in [4.78, 5) is 13.6. The Kier molecular flexibility index (Phi) is 2.66. The summed E-state index contributed by atoms with van der Waals surface area (Å²) in [6.07, 6.45) is -4.01. The van der Waals surface area contributed by atoms with Gasteiger partial charge in [0.05, 0.1) is 11.5 Å². The quantitative estimate of drug-likeness (QED) is 0.672. The third kappa shape index (κ3) is 1.95. The molecule has 1 rings (SSSR count). The molecule has 0 unspecified atom stereocenters. The minimum absolute atomic E-state index is 0.525. The van der Waals surface area contributed by atoms with Crippen LogP contribution < -0.4 is 5.11 Å². The number of alkyl halides is 3. The molecule has 0 fully saturated rings. The summed E-state index contributed by atoms with van der Waals surface area (Å²) in [5, 5.41) is 9.62. The average Bonchev–Trinajstić information content (AvgIpc) is 2.01. The molecule has 7 heteroatoms. The number of carboxylic acids is 1. The number of nitrogens with zero attached hydrogens (tertiary/aromatic N) is 1. The van der Waals surface area contributed by atoms with E-state index in [4.69, 9.17) is 11.6 Å². The van der Waals surface area contributed by atoms with Crippen LogP contribution in [0, 0.1) is 0 Å². The number of carbonyl (C=O) groups is 1. The molecular weight excluding hydrogens is 223 g/mol. The smallest absolute Gasteiger partial charge is 0.417 e. The van der Waals surface area contributed by atoms with E-state index in [9.17, 15) is 23.1 Å². The Morgan fingerprint density at radius 2 is 2.07 bits per heavy atom. The van der Waals surface area contributed by atoms with Crippen LogP contribution >= 0.6 is 11.6 Å². The maximum absolute atomic E-state index is 12.2. The average molecular weight is 225 g/mol. The Balaban J connectivity index is 3.44. The predicted octanol–water partition coefficient (Wildman–Crippen LogP) is 1.12. The van der Waals surface area contributed by atoms with Crippen molar-refractivity contribution in [3.05, 3.63) is 28.5 Å². The molecule has 0 aliphatic rings. The van der Waals surface area contributed by atoms with E-state index in [2.05, 4.69) is 4.98 Å².